The molecule has 21 heavy (non-hydrogen) atoms. The van der Waals surface area contributed by atoms with E-state index in [-0.39, 0.29) is 5.54 Å². The van der Waals surface area contributed by atoms with Gasteiger partial charge in [-0.3, -0.25) is 4.90 Å². The number of aromatic nitrogens is 1. The number of nitrogens with zero attached hydrogens (tertiary/aromatic N) is 2. The molecule has 0 atom stereocenters. The predicted molar refractivity (Wildman–Crippen MR) is 90.0 cm³/mol. The summed E-state index contributed by atoms with van der Waals surface area (Å²) in [5.74, 6) is 0. The summed E-state index contributed by atoms with van der Waals surface area (Å²) >= 11 is 7.69. The molecular formula is C16H20ClN3S. The van der Waals surface area contributed by atoms with Gasteiger partial charge in [0.15, 0.2) is 0 Å². The lowest BCUT2D eigenvalue weighted by Crippen LogP contribution is -2.51. The summed E-state index contributed by atoms with van der Waals surface area (Å²) in [5.41, 5.74) is 2.14. The van der Waals surface area contributed by atoms with Crippen molar-refractivity contribution < 1.29 is 0 Å². The van der Waals surface area contributed by atoms with Crippen molar-refractivity contribution >= 4 is 22.9 Å². The van der Waals surface area contributed by atoms with E-state index in [9.17, 15) is 0 Å². The molecule has 5 heteroatoms. The van der Waals surface area contributed by atoms with E-state index in [2.05, 4.69) is 29.4 Å². The third kappa shape index (κ3) is 3.14. The first-order chi connectivity index (χ1) is 10.1. The van der Waals surface area contributed by atoms with Crippen LogP contribution >= 0.6 is 22.9 Å². The van der Waals surface area contributed by atoms with Crippen LogP contribution in [0, 0.1) is 0 Å². The number of benzene rings is 1. The van der Waals surface area contributed by atoms with Gasteiger partial charge < -0.3 is 5.32 Å². The van der Waals surface area contributed by atoms with Crippen LogP contribution in [-0.2, 0) is 5.54 Å². The Bertz CT molecular complexity index is 600. The second kappa shape index (κ2) is 6.05. The van der Waals surface area contributed by atoms with Crippen LogP contribution in [0.4, 0.5) is 0 Å². The van der Waals surface area contributed by atoms with Crippen LogP contribution in [-0.4, -0.2) is 36.1 Å². The zero-order valence-corrected chi connectivity index (χ0v) is 14.0. The third-order valence-electron chi connectivity index (χ3n) is 4.08. The highest BCUT2D eigenvalue weighted by molar-refractivity contribution is 7.10. The van der Waals surface area contributed by atoms with Crippen molar-refractivity contribution in [1.82, 2.24) is 15.2 Å². The van der Waals surface area contributed by atoms with Crippen LogP contribution in [0.25, 0.3) is 11.3 Å². The van der Waals surface area contributed by atoms with Gasteiger partial charge in [-0.05, 0) is 26.0 Å². The molecule has 0 unspecified atom stereocenters. The molecule has 0 saturated carbocycles. The van der Waals surface area contributed by atoms with Crippen molar-refractivity contribution in [2.24, 2.45) is 0 Å². The molecule has 1 N–H and O–H groups in total. The molecule has 0 amide bonds. The Morgan fingerprint density at radius 1 is 1.19 bits per heavy atom. The first-order valence-corrected chi connectivity index (χ1v) is 8.51. The van der Waals surface area contributed by atoms with Gasteiger partial charge in [0.1, 0.15) is 5.01 Å². The topological polar surface area (TPSA) is 28.2 Å². The zero-order chi connectivity index (χ0) is 14.9. The van der Waals surface area contributed by atoms with Crippen molar-refractivity contribution in [3.05, 3.63) is 39.7 Å². The van der Waals surface area contributed by atoms with Crippen LogP contribution in [0.15, 0.2) is 29.6 Å². The predicted octanol–water partition coefficient (Wildman–Crippen LogP) is 3.60. The number of piperazine rings is 1. The molecule has 2 heterocycles. The lowest BCUT2D eigenvalue weighted by molar-refractivity contribution is 0.102. The Labute approximate surface area is 135 Å². The molecule has 3 rings (SSSR count). The highest BCUT2D eigenvalue weighted by atomic mass is 35.5. The van der Waals surface area contributed by atoms with Gasteiger partial charge >= 0.3 is 0 Å². The molecule has 1 aromatic carbocycles. The zero-order valence-electron chi connectivity index (χ0n) is 12.4. The fourth-order valence-corrected chi connectivity index (χ4v) is 3.77. The lowest BCUT2D eigenvalue weighted by Gasteiger charge is -2.39. The standard InChI is InChI=1S/C16H20ClN3S/c1-16(2,20-9-7-18-8-10-20)15-19-14(11-21-15)12-3-5-13(17)6-4-12/h3-6,11,18H,7-10H2,1-2H3. The minimum atomic E-state index is -0.0164. The van der Waals surface area contributed by atoms with Crippen LogP contribution in [0.3, 0.4) is 0 Å². The van der Waals surface area contributed by atoms with Crippen LogP contribution in [0.5, 0.6) is 0 Å². The van der Waals surface area contributed by atoms with Gasteiger partial charge in [0, 0.05) is 42.1 Å². The average Bonchev–Trinajstić information content (AvgIpc) is 2.99. The third-order valence-corrected chi connectivity index (χ3v) is 5.48. The molecule has 1 fully saturated rings. The Morgan fingerprint density at radius 2 is 1.86 bits per heavy atom. The van der Waals surface area contributed by atoms with E-state index in [1.807, 2.05) is 24.3 Å². The van der Waals surface area contributed by atoms with Crippen molar-refractivity contribution in [1.29, 1.82) is 0 Å². The van der Waals surface area contributed by atoms with Crippen LogP contribution < -0.4 is 5.32 Å². The quantitative estimate of drug-likeness (QED) is 0.936. The average molecular weight is 322 g/mol. The fraction of sp³-hybridized carbons (Fsp3) is 0.438. The number of nitrogens with one attached hydrogen (secondary N) is 1. The summed E-state index contributed by atoms with van der Waals surface area (Å²) < 4.78 is 0. The van der Waals surface area contributed by atoms with E-state index in [0.29, 0.717) is 0 Å². The van der Waals surface area contributed by atoms with Crippen molar-refractivity contribution in [2.45, 2.75) is 19.4 Å². The highest BCUT2D eigenvalue weighted by Gasteiger charge is 2.32. The van der Waals surface area contributed by atoms with Gasteiger partial charge in [0.25, 0.3) is 0 Å². The fourth-order valence-electron chi connectivity index (χ4n) is 2.67. The maximum Gasteiger partial charge on any atom is 0.113 e. The Kier molecular flexibility index (Phi) is 4.31. The summed E-state index contributed by atoms with van der Waals surface area (Å²) in [6, 6.07) is 7.88. The van der Waals surface area contributed by atoms with Gasteiger partial charge in [0.05, 0.1) is 11.2 Å². The normalized spacial score (nSPS) is 17.1. The first kappa shape index (κ1) is 15.0. The van der Waals surface area contributed by atoms with E-state index < -0.39 is 0 Å². The first-order valence-electron chi connectivity index (χ1n) is 7.25. The van der Waals surface area contributed by atoms with Gasteiger partial charge in [0.2, 0.25) is 0 Å². The Hall–Kier alpha value is -0.940. The van der Waals surface area contributed by atoms with Crippen molar-refractivity contribution in [2.75, 3.05) is 26.2 Å². The summed E-state index contributed by atoms with van der Waals surface area (Å²) in [7, 11) is 0. The van der Waals surface area contributed by atoms with Gasteiger partial charge in [-0.1, -0.05) is 23.7 Å². The van der Waals surface area contributed by atoms with E-state index in [1.165, 1.54) is 5.01 Å². The van der Waals surface area contributed by atoms with Crippen LogP contribution in [0.2, 0.25) is 5.02 Å². The minimum Gasteiger partial charge on any atom is -0.314 e. The summed E-state index contributed by atoms with van der Waals surface area (Å²) in [4.78, 5) is 7.38. The molecule has 1 aliphatic rings. The number of hydrogen-bond acceptors (Lipinski definition) is 4. The summed E-state index contributed by atoms with van der Waals surface area (Å²) in [6.45, 7) is 8.79. The molecule has 3 nitrogen and oxygen atoms in total. The molecule has 112 valence electrons. The molecule has 2 aromatic rings. The van der Waals surface area contributed by atoms with E-state index in [0.717, 1.165) is 42.5 Å². The van der Waals surface area contributed by atoms with Crippen molar-refractivity contribution in [3.63, 3.8) is 0 Å². The van der Waals surface area contributed by atoms with Crippen molar-refractivity contribution in [3.8, 4) is 11.3 Å². The molecule has 1 aliphatic heterocycles. The summed E-state index contributed by atoms with van der Waals surface area (Å²) in [6.07, 6.45) is 0. The lowest BCUT2D eigenvalue weighted by atomic mass is 10.0. The minimum absolute atomic E-state index is 0.0164. The number of hydrogen-bond donors (Lipinski definition) is 1. The van der Waals surface area contributed by atoms with E-state index >= 15 is 0 Å². The SMILES string of the molecule is CC(C)(c1nc(-c2ccc(Cl)cc2)cs1)N1CCNCC1. The maximum atomic E-state index is 5.95. The van der Waals surface area contributed by atoms with Gasteiger partial charge in [-0.2, -0.15) is 0 Å². The Balaban J connectivity index is 1.84. The molecule has 0 radical (unpaired) electrons. The number of thiazole rings is 1. The van der Waals surface area contributed by atoms with Gasteiger partial charge in [-0.25, -0.2) is 4.98 Å². The molecule has 0 aliphatic carbocycles. The van der Waals surface area contributed by atoms with E-state index in [4.69, 9.17) is 16.6 Å². The molecule has 0 spiro atoms. The number of rotatable bonds is 3. The van der Waals surface area contributed by atoms with Crippen LogP contribution in [0.1, 0.15) is 18.9 Å². The Morgan fingerprint density at radius 3 is 2.52 bits per heavy atom. The highest BCUT2D eigenvalue weighted by Crippen LogP contribution is 2.33. The molecular weight excluding hydrogens is 302 g/mol. The number of halogens is 1. The second-order valence-corrected chi connectivity index (χ2v) is 7.14. The monoisotopic (exact) mass is 321 g/mol. The largest absolute Gasteiger partial charge is 0.314 e. The maximum absolute atomic E-state index is 5.95. The van der Waals surface area contributed by atoms with E-state index in [1.54, 1.807) is 11.3 Å². The smallest absolute Gasteiger partial charge is 0.113 e. The second-order valence-electron chi connectivity index (χ2n) is 5.84. The van der Waals surface area contributed by atoms with Gasteiger partial charge in [-0.15, -0.1) is 11.3 Å². The summed E-state index contributed by atoms with van der Waals surface area (Å²) in [5, 5.41) is 7.48. The molecule has 1 aromatic heterocycles. The molecule has 1 saturated heterocycles. The molecule has 0 bridgehead atoms.